The monoisotopic (exact) mass is 496 g/mol. The van der Waals surface area contributed by atoms with E-state index in [4.69, 9.17) is 35.0 Å². The van der Waals surface area contributed by atoms with Crippen LogP contribution in [0.15, 0.2) is 65.6 Å². The molecule has 0 fully saturated rings. The summed E-state index contributed by atoms with van der Waals surface area (Å²) >= 11 is 20.1. The SMILES string of the molecule is Cc1cccc(S(=O)(=O)N(Cl)c2cc(Cl)cc(Cc3nc4cc(Cl)ccc4s3)c2)c1. The molecule has 0 aliphatic heterocycles. The van der Waals surface area contributed by atoms with Gasteiger partial charge in [-0.15, -0.1) is 11.3 Å². The van der Waals surface area contributed by atoms with Crippen LogP contribution in [0.4, 0.5) is 5.69 Å². The Labute approximate surface area is 193 Å². The second-order valence-corrected chi connectivity index (χ2v) is 11.1. The molecular formula is C21H15Cl3N2O2S2. The molecule has 0 unspecified atom stereocenters. The molecule has 0 bridgehead atoms. The molecule has 4 aromatic rings. The number of anilines is 1. The van der Waals surface area contributed by atoms with E-state index in [1.165, 1.54) is 12.1 Å². The van der Waals surface area contributed by atoms with Crippen molar-refractivity contribution in [1.82, 2.24) is 4.98 Å². The third kappa shape index (κ3) is 4.43. The van der Waals surface area contributed by atoms with Gasteiger partial charge in [-0.05, 0) is 66.6 Å². The second-order valence-electron chi connectivity index (χ2n) is 6.75. The molecule has 3 aromatic carbocycles. The largest absolute Gasteiger partial charge is 0.278 e. The summed E-state index contributed by atoms with van der Waals surface area (Å²) in [6.07, 6.45) is 0.486. The topological polar surface area (TPSA) is 50.3 Å². The van der Waals surface area contributed by atoms with Crippen LogP contribution in [-0.2, 0) is 16.4 Å². The van der Waals surface area contributed by atoms with Crippen LogP contribution in [0.5, 0.6) is 0 Å². The lowest BCUT2D eigenvalue weighted by atomic mass is 10.1. The van der Waals surface area contributed by atoms with E-state index >= 15 is 0 Å². The number of halogens is 3. The molecule has 0 aliphatic carbocycles. The zero-order valence-electron chi connectivity index (χ0n) is 15.6. The van der Waals surface area contributed by atoms with E-state index in [2.05, 4.69) is 4.98 Å². The molecule has 9 heteroatoms. The van der Waals surface area contributed by atoms with Gasteiger partial charge >= 0.3 is 0 Å². The third-order valence-electron chi connectivity index (χ3n) is 4.39. The van der Waals surface area contributed by atoms with Crippen molar-refractivity contribution < 1.29 is 8.42 Å². The highest BCUT2D eigenvalue weighted by atomic mass is 35.5. The first-order valence-electron chi connectivity index (χ1n) is 8.84. The first-order valence-corrected chi connectivity index (χ1v) is 12.2. The van der Waals surface area contributed by atoms with E-state index in [0.29, 0.717) is 16.5 Å². The van der Waals surface area contributed by atoms with Crippen molar-refractivity contribution in [3.05, 3.63) is 86.8 Å². The van der Waals surface area contributed by atoms with E-state index in [0.717, 1.165) is 30.2 Å². The van der Waals surface area contributed by atoms with Gasteiger partial charge in [0.15, 0.2) is 0 Å². The minimum absolute atomic E-state index is 0.113. The average Bonchev–Trinajstić information content (AvgIpc) is 3.08. The molecule has 0 radical (unpaired) electrons. The highest BCUT2D eigenvalue weighted by Crippen LogP contribution is 2.32. The molecule has 0 saturated heterocycles. The van der Waals surface area contributed by atoms with Gasteiger partial charge in [0.1, 0.15) is 0 Å². The number of aromatic nitrogens is 1. The molecule has 0 saturated carbocycles. The van der Waals surface area contributed by atoms with Gasteiger partial charge in [0.2, 0.25) is 0 Å². The summed E-state index contributed by atoms with van der Waals surface area (Å²) in [7, 11) is -3.93. The zero-order valence-corrected chi connectivity index (χ0v) is 19.5. The maximum absolute atomic E-state index is 12.9. The lowest BCUT2D eigenvalue weighted by molar-refractivity contribution is 0.598. The highest BCUT2D eigenvalue weighted by molar-refractivity contribution is 7.94. The van der Waals surface area contributed by atoms with Crippen molar-refractivity contribution in [2.24, 2.45) is 0 Å². The zero-order chi connectivity index (χ0) is 21.5. The average molecular weight is 498 g/mol. The second kappa shape index (κ2) is 8.36. The van der Waals surface area contributed by atoms with Crippen LogP contribution in [0.3, 0.4) is 0 Å². The lowest BCUT2D eigenvalue weighted by Crippen LogP contribution is -2.21. The van der Waals surface area contributed by atoms with Gasteiger partial charge < -0.3 is 0 Å². The molecule has 154 valence electrons. The summed E-state index contributed by atoms with van der Waals surface area (Å²) < 4.78 is 27.6. The minimum Gasteiger partial charge on any atom is -0.241 e. The van der Waals surface area contributed by atoms with Crippen LogP contribution in [0.1, 0.15) is 16.1 Å². The van der Waals surface area contributed by atoms with Crippen molar-refractivity contribution in [2.75, 3.05) is 3.82 Å². The van der Waals surface area contributed by atoms with Crippen LogP contribution in [0.25, 0.3) is 10.2 Å². The molecule has 0 N–H and O–H groups in total. The summed E-state index contributed by atoms with van der Waals surface area (Å²) in [4.78, 5) is 4.72. The fraction of sp³-hybridized carbons (Fsp3) is 0.0952. The first-order chi connectivity index (χ1) is 14.2. The van der Waals surface area contributed by atoms with Crippen LogP contribution in [0, 0.1) is 6.92 Å². The fourth-order valence-electron chi connectivity index (χ4n) is 3.04. The van der Waals surface area contributed by atoms with Crippen molar-refractivity contribution in [3.8, 4) is 0 Å². The van der Waals surface area contributed by atoms with Gasteiger partial charge in [-0.1, -0.05) is 35.3 Å². The number of benzene rings is 3. The number of aryl methyl sites for hydroxylation is 1. The minimum atomic E-state index is -3.93. The number of thiazole rings is 1. The summed E-state index contributed by atoms with van der Waals surface area (Å²) in [6.45, 7) is 1.82. The van der Waals surface area contributed by atoms with Crippen LogP contribution in [-0.4, -0.2) is 13.4 Å². The normalized spacial score (nSPS) is 11.7. The lowest BCUT2D eigenvalue weighted by Gasteiger charge is -2.17. The maximum atomic E-state index is 12.9. The molecule has 4 nitrogen and oxygen atoms in total. The number of fused-ring (bicyclic) bond motifs is 1. The van der Waals surface area contributed by atoms with Gasteiger partial charge in [0.25, 0.3) is 10.0 Å². The molecule has 0 spiro atoms. The standard InChI is InChI=1S/C21H15Cl3N2O2S2/c1-13-3-2-4-18(7-13)30(27,28)26(24)17-9-14(8-16(23)11-17)10-21-25-19-12-15(22)5-6-20(19)29-21/h2-9,11-12H,10H2,1H3. The number of hydrogen-bond acceptors (Lipinski definition) is 4. The Bertz CT molecular complexity index is 1350. The molecule has 1 heterocycles. The molecule has 1 aromatic heterocycles. The van der Waals surface area contributed by atoms with Gasteiger partial charge in [-0.25, -0.2) is 4.98 Å². The van der Waals surface area contributed by atoms with Crippen molar-refractivity contribution in [1.29, 1.82) is 0 Å². The van der Waals surface area contributed by atoms with Gasteiger partial charge in [-0.3, -0.25) is 0 Å². The number of sulfonamides is 1. The van der Waals surface area contributed by atoms with Crippen LogP contribution in [0.2, 0.25) is 10.0 Å². The molecule has 4 rings (SSSR count). The predicted molar refractivity (Wildman–Crippen MR) is 126 cm³/mol. The summed E-state index contributed by atoms with van der Waals surface area (Å²) in [5.74, 6) is 0. The molecule has 0 amide bonds. The van der Waals surface area contributed by atoms with E-state index < -0.39 is 10.0 Å². The Morgan fingerprint density at radius 1 is 1.00 bits per heavy atom. The first kappa shape index (κ1) is 21.4. The molecule has 0 atom stereocenters. The number of hydrogen-bond donors (Lipinski definition) is 0. The van der Waals surface area contributed by atoms with Crippen molar-refractivity contribution >= 4 is 72.2 Å². The molecule has 0 aliphatic rings. The van der Waals surface area contributed by atoms with E-state index in [1.807, 2.05) is 31.2 Å². The van der Waals surface area contributed by atoms with Crippen LogP contribution < -0.4 is 3.82 Å². The smallest absolute Gasteiger partial charge is 0.241 e. The fourth-order valence-corrected chi connectivity index (χ4v) is 5.93. The predicted octanol–water partition coefficient (Wildman–Crippen LogP) is 6.85. The Morgan fingerprint density at radius 2 is 1.80 bits per heavy atom. The number of rotatable bonds is 5. The van der Waals surface area contributed by atoms with E-state index in [9.17, 15) is 8.42 Å². The van der Waals surface area contributed by atoms with E-state index in [1.54, 1.807) is 35.6 Å². The van der Waals surface area contributed by atoms with Gasteiger partial charge in [0, 0.05) is 28.2 Å². The van der Waals surface area contributed by atoms with E-state index in [-0.39, 0.29) is 10.6 Å². The third-order valence-corrected chi connectivity index (χ3v) is 8.11. The molecule has 30 heavy (non-hydrogen) atoms. The van der Waals surface area contributed by atoms with Gasteiger partial charge in [-0.2, -0.15) is 12.2 Å². The van der Waals surface area contributed by atoms with Crippen molar-refractivity contribution in [2.45, 2.75) is 18.2 Å². The quantitative estimate of drug-likeness (QED) is 0.283. The Kier molecular flexibility index (Phi) is 5.97. The van der Waals surface area contributed by atoms with Crippen LogP contribution >= 0.6 is 46.3 Å². The Hall–Kier alpha value is -1.83. The Balaban J connectivity index is 1.67. The maximum Gasteiger partial charge on any atom is 0.278 e. The summed E-state index contributed by atoms with van der Waals surface area (Å²) in [6, 6.07) is 17.1. The van der Waals surface area contributed by atoms with Crippen molar-refractivity contribution in [3.63, 3.8) is 0 Å². The summed E-state index contributed by atoms with van der Waals surface area (Å²) in [5, 5.41) is 1.88. The summed E-state index contributed by atoms with van der Waals surface area (Å²) in [5.41, 5.74) is 2.71. The Morgan fingerprint density at radius 3 is 2.57 bits per heavy atom. The molecular weight excluding hydrogens is 483 g/mol. The highest BCUT2D eigenvalue weighted by Gasteiger charge is 2.24. The number of nitrogens with zero attached hydrogens (tertiary/aromatic N) is 2. The van der Waals surface area contributed by atoms with Gasteiger partial charge in [0.05, 0.1) is 25.8 Å².